The molecule has 0 saturated heterocycles. The van der Waals surface area contributed by atoms with Crippen LogP contribution < -0.4 is 15.4 Å². The second kappa shape index (κ2) is 12.0. The van der Waals surface area contributed by atoms with Gasteiger partial charge in [0.05, 0.1) is 24.5 Å². The SMILES string of the molecule is COc1ccc(Cl)cc1C1=CC(=O)N([C@H]2CCC[C@@H](C)C(=O)Nc3cc(NC(=O)O)ccc3-c3ccnc2c3)CC1. The lowest BCUT2D eigenvalue weighted by Crippen LogP contribution is -2.38. The molecular formula is C31H31ClN4O5. The largest absolute Gasteiger partial charge is 0.496 e. The molecule has 2 bridgehead atoms. The second-order valence-electron chi connectivity index (χ2n) is 10.3. The van der Waals surface area contributed by atoms with Crippen molar-refractivity contribution in [2.75, 3.05) is 24.3 Å². The van der Waals surface area contributed by atoms with Crippen LogP contribution in [0.4, 0.5) is 16.2 Å². The van der Waals surface area contributed by atoms with Gasteiger partial charge in [-0.25, -0.2) is 4.79 Å². The Hall–Kier alpha value is -4.37. The van der Waals surface area contributed by atoms with Crippen LogP contribution in [-0.4, -0.2) is 46.6 Å². The van der Waals surface area contributed by atoms with Gasteiger partial charge < -0.3 is 20.1 Å². The van der Waals surface area contributed by atoms with Crippen molar-refractivity contribution in [1.29, 1.82) is 0 Å². The number of nitrogens with one attached hydrogen (secondary N) is 2. The average Bonchev–Trinajstić information content (AvgIpc) is 2.95. The lowest BCUT2D eigenvalue weighted by atomic mass is 9.92. The first-order valence-electron chi connectivity index (χ1n) is 13.5. The number of benzene rings is 2. The van der Waals surface area contributed by atoms with Crippen LogP contribution in [0.3, 0.4) is 0 Å². The second-order valence-corrected chi connectivity index (χ2v) is 10.7. The van der Waals surface area contributed by atoms with Gasteiger partial charge in [-0.1, -0.05) is 31.0 Å². The summed E-state index contributed by atoms with van der Waals surface area (Å²) in [5, 5.41) is 15.1. The fourth-order valence-electron chi connectivity index (χ4n) is 5.47. The molecule has 3 amide bonds. The predicted molar refractivity (Wildman–Crippen MR) is 158 cm³/mol. The number of nitrogens with zero attached hydrogens (tertiary/aromatic N) is 2. The van der Waals surface area contributed by atoms with Crippen molar-refractivity contribution in [1.82, 2.24) is 9.88 Å². The van der Waals surface area contributed by atoms with Crippen molar-refractivity contribution in [3.63, 3.8) is 0 Å². The van der Waals surface area contributed by atoms with Crippen molar-refractivity contribution < 1.29 is 24.2 Å². The van der Waals surface area contributed by atoms with E-state index in [1.807, 2.05) is 30.0 Å². The summed E-state index contributed by atoms with van der Waals surface area (Å²) in [5.74, 6) is 0.106. The smallest absolute Gasteiger partial charge is 0.409 e. The molecule has 2 atom stereocenters. The van der Waals surface area contributed by atoms with Crippen LogP contribution >= 0.6 is 11.6 Å². The number of hydrogen-bond donors (Lipinski definition) is 3. The first-order chi connectivity index (χ1) is 19.7. The summed E-state index contributed by atoms with van der Waals surface area (Å²) in [4.78, 5) is 44.4. The molecule has 9 nitrogen and oxygen atoms in total. The fraction of sp³-hybridized carbons (Fsp3) is 0.290. The number of anilines is 2. The van der Waals surface area contributed by atoms with Crippen molar-refractivity contribution in [2.24, 2.45) is 5.92 Å². The van der Waals surface area contributed by atoms with Crippen molar-refractivity contribution in [3.05, 3.63) is 77.1 Å². The van der Waals surface area contributed by atoms with E-state index in [9.17, 15) is 14.4 Å². The van der Waals surface area contributed by atoms with E-state index in [1.165, 1.54) is 0 Å². The highest BCUT2D eigenvalue weighted by molar-refractivity contribution is 6.30. The zero-order valence-electron chi connectivity index (χ0n) is 22.8. The Labute approximate surface area is 243 Å². The van der Waals surface area contributed by atoms with E-state index in [4.69, 9.17) is 21.4 Å². The third-order valence-corrected chi connectivity index (χ3v) is 7.85. The van der Waals surface area contributed by atoms with E-state index in [0.29, 0.717) is 54.4 Å². The third-order valence-electron chi connectivity index (χ3n) is 7.61. The standard InChI is InChI=1S/C31H31ClN4O5/c1-18-4-3-5-27(36-13-11-20(15-29(36)37)24-16-21(32)6-9-28(24)41-2)26-14-19(10-12-33-26)23-8-7-22(34-31(39)40)17-25(23)35-30(18)38/h6-10,12,14-18,27,34H,3-5,11,13H2,1-2H3,(H,35,38)(H,39,40)/t18-,27+/m1/s1. The Morgan fingerprint density at radius 2 is 1.95 bits per heavy atom. The minimum absolute atomic E-state index is 0.117. The van der Waals surface area contributed by atoms with Gasteiger partial charge >= 0.3 is 6.09 Å². The normalized spacial score (nSPS) is 19.2. The zero-order valence-corrected chi connectivity index (χ0v) is 23.6. The maximum Gasteiger partial charge on any atom is 0.409 e. The number of halogens is 1. The maximum absolute atomic E-state index is 13.6. The summed E-state index contributed by atoms with van der Waals surface area (Å²) in [6.07, 6.45) is 4.77. The van der Waals surface area contributed by atoms with Crippen LogP contribution in [-0.2, 0) is 9.59 Å². The lowest BCUT2D eigenvalue weighted by molar-refractivity contribution is -0.129. The monoisotopic (exact) mass is 574 g/mol. The Balaban J connectivity index is 1.52. The van der Waals surface area contributed by atoms with Crippen LogP contribution in [0.25, 0.3) is 16.7 Å². The Bertz CT molecular complexity index is 1540. The molecule has 2 aliphatic rings. The van der Waals surface area contributed by atoms with E-state index < -0.39 is 6.09 Å². The molecule has 3 aromatic rings. The molecule has 0 spiro atoms. The number of fused-ring (bicyclic) bond motifs is 4. The van der Waals surface area contributed by atoms with E-state index >= 15 is 0 Å². The molecule has 0 saturated carbocycles. The number of carbonyl (C=O) groups excluding carboxylic acids is 2. The van der Waals surface area contributed by atoms with E-state index in [2.05, 4.69) is 15.6 Å². The summed E-state index contributed by atoms with van der Waals surface area (Å²) < 4.78 is 5.51. The molecule has 2 aliphatic heterocycles. The number of rotatable bonds is 4. The predicted octanol–water partition coefficient (Wildman–Crippen LogP) is 6.62. The molecular weight excluding hydrogens is 544 g/mol. The number of aromatic nitrogens is 1. The number of ether oxygens (including phenoxy) is 1. The summed E-state index contributed by atoms with van der Waals surface area (Å²) >= 11 is 6.25. The van der Waals surface area contributed by atoms with Crippen LogP contribution in [0.1, 0.15) is 49.9 Å². The number of amides is 3. The third kappa shape index (κ3) is 6.20. The minimum Gasteiger partial charge on any atom is -0.496 e. The number of methoxy groups -OCH3 is 1. The molecule has 3 N–H and O–H groups in total. The zero-order chi connectivity index (χ0) is 29.1. The topological polar surface area (TPSA) is 121 Å². The Morgan fingerprint density at radius 3 is 2.71 bits per heavy atom. The molecule has 10 heteroatoms. The highest BCUT2D eigenvalue weighted by Crippen LogP contribution is 2.38. The van der Waals surface area contributed by atoms with Crippen LogP contribution in [0.15, 0.2) is 60.8 Å². The minimum atomic E-state index is -1.19. The van der Waals surface area contributed by atoms with Gasteiger partial charge in [0.1, 0.15) is 5.75 Å². The summed E-state index contributed by atoms with van der Waals surface area (Å²) in [5.41, 5.74) is 4.80. The fourth-order valence-corrected chi connectivity index (χ4v) is 5.65. The van der Waals surface area contributed by atoms with Gasteiger partial charge in [-0.15, -0.1) is 0 Å². The highest BCUT2D eigenvalue weighted by atomic mass is 35.5. The molecule has 5 rings (SSSR count). The Kier molecular flexibility index (Phi) is 8.26. The maximum atomic E-state index is 13.6. The quantitative estimate of drug-likeness (QED) is 0.322. The Morgan fingerprint density at radius 1 is 1.12 bits per heavy atom. The van der Waals surface area contributed by atoms with Gasteiger partial charge in [0.25, 0.3) is 0 Å². The van der Waals surface area contributed by atoms with Gasteiger partial charge in [0, 0.05) is 46.6 Å². The first-order valence-corrected chi connectivity index (χ1v) is 13.9. The van der Waals surface area contributed by atoms with Gasteiger partial charge in [-0.3, -0.25) is 19.9 Å². The number of carbonyl (C=O) groups is 3. The number of pyridine rings is 1. The molecule has 2 aromatic carbocycles. The lowest BCUT2D eigenvalue weighted by Gasteiger charge is -2.34. The number of hydrogen-bond acceptors (Lipinski definition) is 5. The van der Waals surface area contributed by atoms with Gasteiger partial charge in [0.15, 0.2) is 0 Å². The van der Waals surface area contributed by atoms with Crippen molar-refractivity contribution in [2.45, 2.75) is 38.6 Å². The molecule has 0 fully saturated rings. The van der Waals surface area contributed by atoms with E-state index in [1.54, 1.807) is 49.7 Å². The summed E-state index contributed by atoms with van der Waals surface area (Å²) in [6, 6.07) is 13.9. The summed E-state index contributed by atoms with van der Waals surface area (Å²) in [7, 11) is 1.59. The van der Waals surface area contributed by atoms with Crippen LogP contribution in [0, 0.1) is 5.92 Å². The molecule has 0 unspecified atom stereocenters. The van der Waals surface area contributed by atoms with Crippen molar-refractivity contribution >= 4 is 46.5 Å². The van der Waals surface area contributed by atoms with Crippen LogP contribution in [0.5, 0.6) is 5.75 Å². The molecule has 41 heavy (non-hydrogen) atoms. The van der Waals surface area contributed by atoms with Crippen LogP contribution in [0.2, 0.25) is 5.02 Å². The first kappa shape index (κ1) is 28.2. The molecule has 0 radical (unpaired) electrons. The molecule has 3 heterocycles. The van der Waals surface area contributed by atoms with Gasteiger partial charge in [0.2, 0.25) is 11.8 Å². The molecule has 0 aliphatic carbocycles. The van der Waals surface area contributed by atoms with Gasteiger partial charge in [-0.05, 0) is 72.9 Å². The molecule has 212 valence electrons. The average molecular weight is 575 g/mol. The highest BCUT2D eigenvalue weighted by Gasteiger charge is 2.30. The van der Waals surface area contributed by atoms with Crippen molar-refractivity contribution in [3.8, 4) is 16.9 Å². The van der Waals surface area contributed by atoms with Gasteiger partial charge in [-0.2, -0.15) is 0 Å². The van der Waals surface area contributed by atoms with E-state index in [0.717, 1.165) is 28.0 Å². The molecule has 1 aromatic heterocycles. The number of carboxylic acid groups (broad SMARTS) is 1. The summed E-state index contributed by atoms with van der Waals surface area (Å²) in [6.45, 7) is 2.36. The van der Waals surface area contributed by atoms with E-state index in [-0.39, 0.29) is 23.8 Å².